The highest BCUT2D eigenvalue weighted by Crippen LogP contribution is 2.28. The summed E-state index contributed by atoms with van der Waals surface area (Å²) in [5, 5.41) is 7.30. The topological polar surface area (TPSA) is 77.2 Å². The van der Waals surface area contributed by atoms with Gasteiger partial charge in [0.05, 0.1) is 29.4 Å². The van der Waals surface area contributed by atoms with Crippen LogP contribution in [0.5, 0.6) is 5.75 Å². The number of nitrogens with zero attached hydrogens (tertiary/aromatic N) is 2. The van der Waals surface area contributed by atoms with Crippen LogP contribution in [-0.4, -0.2) is 23.2 Å². The third kappa shape index (κ3) is 3.54. The van der Waals surface area contributed by atoms with E-state index in [9.17, 15) is 9.18 Å². The van der Waals surface area contributed by atoms with Crippen LogP contribution in [0.2, 0.25) is 0 Å². The van der Waals surface area contributed by atoms with Crippen molar-refractivity contribution in [3.63, 3.8) is 0 Å². The Hall–Kier alpha value is -3.74. The zero-order valence-electron chi connectivity index (χ0n) is 15.9. The molecular weight excluding hydrogens is 373 g/mol. The molecule has 2 aromatic heterocycles. The van der Waals surface area contributed by atoms with Gasteiger partial charge in [-0.05, 0) is 31.2 Å². The predicted octanol–water partition coefficient (Wildman–Crippen LogP) is 4.28. The molecule has 0 aliphatic rings. The van der Waals surface area contributed by atoms with E-state index in [4.69, 9.17) is 9.26 Å². The molecule has 4 aromatic rings. The van der Waals surface area contributed by atoms with Gasteiger partial charge in [-0.2, -0.15) is 0 Å². The highest BCUT2D eigenvalue weighted by molar-refractivity contribution is 6.07. The van der Waals surface area contributed by atoms with Crippen LogP contribution in [0.1, 0.15) is 21.6 Å². The molecule has 0 spiro atoms. The summed E-state index contributed by atoms with van der Waals surface area (Å²) in [5.74, 6) is -0.0935. The first kappa shape index (κ1) is 18.6. The number of benzene rings is 2. The molecule has 2 aromatic carbocycles. The fraction of sp³-hybridized carbons (Fsp3) is 0.136. The first-order valence-electron chi connectivity index (χ1n) is 9.00. The molecule has 0 aliphatic heterocycles. The lowest BCUT2D eigenvalue weighted by molar-refractivity contribution is 0.0952. The number of para-hydroxylation sites is 1. The fourth-order valence-corrected chi connectivity index (χ4v) is 3.20. The van der Waals surface area contributed by atoms with E-state index in [0.717, 1.165) is 5.56 Å². The maximum atomic E-state index is 14.3. The number of hydrogen-bond acceptors (Lipinski definition) is 5. The van der Waals surface area contributed by atoms with Crippen molar-refractivity contribution in [1.29, 1.82) is 0 Å². The van der Waals surface area contributed by atoms with Crippen molar-refractivity contribution < 1.29 is 18.4 Å². The number of aryl methyl sites for hydroxylation is 1. The Labute approximate surface area is 166 Å². The summed E-state index contributed by atoms with van der Waals surface area (Å²) in [4.78, 5) is 17.4. The second kappa shape index (κ2) is 7.71. The van der Waals surface area contributed by atoms with Gasteiger partial charge in [0.1, 0.15) is 11.6 Å². The van der Waals surface area contributed by atoms with Crippen molar-refractivity contribution in [2.75, 3.05) is 7.11 Å². The molecule has 0 saturated heterocycles. The summed E-state index contributed by atoms with van der Waals surface area (Å²) < 4.78 is 24.8. The SMILES string of the molecule is COc1ccccc1CNC(=O)c1cc(-c2ccccc2F)nc2onc(C)c12. The van der Waals surface area contributed by atoms with E-state index in [0.29, 0.717) is 28.1 Å². The number of hydrogen-bond donors (Lipinski definition) is 1. The Balaban J connectivity index is 1.73. The van der Waals surface area contributed by atoms with E-state index in [1.165, 1.54) is 6.07 Å². The first-order valence-corrected chi connectivity index (χ1v) is 9.00. The minimum atomic E-state index is -0.434. The van der Waals surface area contributed by atoms with Crippen molar-refractivity contribution in [3.05, 3.63) is 77.2 Å². The van der Waals surface area contributed by atoms with Gasteiger partial charge in [0, 0.05) is 17.7 Å². The van der Waals surface area contributed by atoms with E-state index < -0.39 is 5.82 Å². The molecule has 29 heavy (non-hydrogen) atoms. The van der Waals surface area contributed by atoms with Crippen LogP contribution in [0.3, 0.4) is 0 Å². The number of halogens is 1. The number of carbonyl (C=O) groups excluding carboxylic acids is 1. The molecule has 0 unspecified atom stereocenters. The van der Waals surface area contributed by atoms with E-state index in [2.05, 4.69) is 15.5 Å². The molecule has 146 valence electrons. The Morgan fingerprint density at radius 1 is 1.17 bits per heavy atom. The van der Waals surface area contributed by atoms with E-state index in [1.807, 2.05) is 24.3 Å². The van der Waals surface area contributed by atoms with Crippen molar-refractivity contribution in [3.8, 4) is 17.0 Å². The Morgan fingerprint density at radius 2 is 1.93 bits per heavy atom. The number of nitrogens with one attached hydrogen (secondary N) is 1. The van der Waals surface area contributed by atoms with Crippen molar-refractivity contribution in [1.82, 2.24) is 15.5 Å². The Bertz CT molecular complexity index is 1200. The first-order chi connectivity index (χ1) is 14.1. The molecule has 0 aliphatic carbocycles. The van der Waals surface area contributed by atoms with Crippen LogP contribution in [0.4, 0.5) is 4.39 Å². The number of rotatable bonds is 5. The van der Waals surface area contributed by atoms with Gasteiger partial charge in [0.15, 0.2) is 0 Å². The number of aromatic nitrogens is 2. The van der Waals surface area contributed by atoms with Gasteiger partial charge in [-0.3, -0.25) is 4.79 Å². The number of ether oxygens (including phenoxy) is 1. The molecule has 4 rings (SSSR count). The van der Waals surface area contributed by atoms with Crippen LogP contribution in [0.15, 0.2) is 59.1 Å². The minimum Gasteiger partial charge on any atom is -0.496 e. The van der Waals surface area contributed by atoms with Gasteiger partial charge < -0.3 is 14.6 Å². The molecular formula is C22H18FN3O3. The molecule has 0 fully saturated rings. The van der Waals surface area contributed by atoms with Gasteiger partial charge in [0.2, 0.25) is 0 Å². The van der Waals surface area contributed by atoms with Gasteiger partial charge in [-0.1, -0.05) is 35.5 Å². The molecule has 0 radical (unpaired) electrons. The molecule has 0 atom stereocenters. The lowest BCUT2D eigenvalue weighted by Crippen LogP contribution is -2.23. The molecule has 1 amide bonds. The Morgan fingerprint density at radius 3 is 2.72 bits per heavy atom. The highest BCUT2D eigenvalue weighted by atomic mass is 19.1. The largest absolute Gasteiger partial charge is 0.496 e. The molecule has 0 saturated carbocycles. The average molecular weight is 391 g/mol. The highest BCUT2D eigenvalue weighted by Gasteiger charge is 2.20. The van der Waals surface area contributed by atoms with Crippen LogP contribution >= 0.6 is 0 Å². The summed E-state index contributed by atoms with van der Waals surface area (Å²) in [6, 6.07) is 15.2. The summed E-state index contributed by atoms with van der Waals surface area (Å²) in [7, 11) is 1.58. The minimum absolute atomic E-state index is 0.186. The second-order valence-corrected chi connectivity index (χ2v) is 6.48. The molecule has 1 N–H and O–H groups in total. The third-order valence-electron chi connectivity index (χ3n) is 4.64. The van der Waals surface area contributed by atoms with Crippen LogP contribution < -0.4 is 10.1 Å². The van der Waals surface area contributed by atoms with Gasteiger partial charge in [0.25, 0.3) is 11.6 Å². The molecule has 0 bridgehead atoms. The normalized spacial score (nSPS) is 10.9. The second-order valence-electron chi connectivity index (χ2n) is 6.48. The van der Waals surface area contributed by atoms with E-state index in [1.54, 1.807) is 38.3 Å². The molecule has 6 nitrogen and oxygen atoms in total. The zero-order chi connectivity index (χ0) is 20.4. The van der Waals surface area contributed by atoms with Crippen LogP contribution in [0, 0.1) is 12.7 Å². The number of methoxy groups -OCH3 is 1. The zero-order valence-corrected chi connectivity index (χ0v) is 15.9. The summed E-state index contributed by atoms with van der Waals surface area (Å²) >= 11 is 0. The third-order valence-corrected chi connectivity index (χ3v) is 4.64. The smallest absolute Gasteiger partial charge is 0.259 e. The van der Waals surface area contributed by atoms with Crippen molar-refractivity contribution in [2.24, 2.45) is 0 Å². The van der Waals surface area contributed by atoms with E-state index >= 15 is 0 Å². The number of carbonyl (C=O) groups is 1. The lowest BCUT2D eigenvalue weighted by Gasteiger charge is -2.11. The Kier molecular flexibility index (Phi) is 4.95. The molecule has 2 heterocycles. The monoisotopic (exact) mass is 391 g/mol. The standard InChI is InChI=1S/C22H18FN3O3/c1-13-20-16(21(27)24-12-14-7-3-6-10-19(14)28-2)11-18(25-22(20)29-26-13)15-8-4-5-9-17(15)23/h3-11H,12H2,1-2H3,(H,24,27). The van der Waals surface area contributed by atoms with Crippen molar-refractivity contribution in [2.45, 2.75) is 13.5 Å². The lowest BCUT2D eigenvalue weighted by atomic mass is 10.0. The molecule has 7 heteroatoms. The average Bonchev–Trinajstić information content (AvgIpc) is 3.12. The number of pyridine rings is 1. The predicted molar refractivity (Wildman–Crippen MR) is 106 cm³/mol. The van der Waals surface area contributed by atoms with Gasteiger partial charge in [-0.15, -0.1) is 0 Å². The van der Waals surface area contributed by atoms with E-state index in [-0.39, 0.29) is 23.7 Å². The summed E-state index contributed by atoms with van der Waals surface area (Å²) in [6.07, 6.45) is 0. The fourth-order valence-electron chi connectivity index (χ4n) is 3.20. The van der Waals surface area contributed by atoms with Gasteiger partial charge in [-0.25, -0.2) is 9.37 Å². The number of amides is 1. The van der Waals surface area contributed by atoms with Crippen LogP contribution in [-0.2, 0) is 6.54 Å². The maximum Gasteiger partial charge on any atom is 0.259 e. The van der Waals surface area contributed by atoms with Crippen LogP contribution in [0.25, 0.3) is 22.4 Å². The number of fused-ring (bicyclic) bond motifs is 1. The van der Waals surface area contributed by atoms with Gasteiger partial charge >= 0.3 is 0 Å². The summed E-state index contributed by atoms with van der Waals surface area (Å²) in [6.45, 7) is 2.00. The summed E-state index contributed by atoms with van der Waals surface area (Å²) in [5.41, 5.74) is 2.46. The quantitative estimate of drug-likeness (QED) is 0.550. The maximum absolute atomic E-state index is 14.3. The van der Waals surface area contributed by atoms with Crippen molar-refractivity contribution >= 4 is 17.0 Å².